The van der Waals surface area contributed by atoms with E-state index in [-0.39, 0.29) is 0 Å². The van der Waals surface area contributed by atoms with Crippen molar-refractivity contribution < 1.29 is 0 Å². The van der Waals surface area contributed by atoms with Crippen molar-refractivity contribution in [2.75, 3.05) is 7.05 Å². The van der Waals surface area contributed by atoms with E-state index in [2.05, 4.69) is 16.9 Å². The summed E-state index contributed by atoms with van der Waals surface area (Å²) in [5, 5.41) is 2.99. The van der Waals surface area contributed by atoms with E-state index in [1.54, 1.807) is 0 Å². The lowest BCUT2D eigenvalue weighted by atomic mass is 10.2. The Morgan fingerprint density at radius 1 is 1.60 bits per heavy atom. The Labute approximate surface area is 61.0 Å². The van der Waals surface area contributed by atoms with Crippen molar-refractivity contribution in [3.63, 3.8) is 0 Å². The van der Waals surface area contributed by atoms with Gasteiger partial charge in [0.05, 0.1) is 0 Å². The molecule has 1 heterocycles. The first-order chi connectivity index (χ1) is 4.75. The highest BCUT2D eigenvalue weighted by molar-refractivity contribution is 5.63. The second-order valence-electron chi connectivity index (χ2n) is 2.28. The molecule has 0 saturated heterocycles. The van der Waals surface area contributed by atoms with Gasteiger partial charge in [-0.2, -0.15) is 0 Å². The Bertz CT molecular complexity index is 235. The molecule has 0 unspecified atom stereocenters. The van der Waals surface area contributed by atoms with E-state index in [0.717, 1.165) is 11.3 Å². The van der Waals surface area contributed by atoms with Gasteiger partial charge in [-0.3, -0.25) is 0 Å². The number of nitrogens with one attached hydrogen (secondary N) is 2. The molecule has 0 aliphatic rings. The Kier molecular flexibility index (Phi) is 1.81. The number of aryl methyl sites for hydroxylation is 1. The maximum absolute atomic E-state index is 3.85. The van der Waals surface area contributed by atoms with Crippen LogP contribution in [0.1, 0.15) is 11.1 Å². The molecular weight excluding hydrogens is 124 g/mol. The average molecular weight is 136 g/mol. The summed E-state index contributed by atoms with van der Waals surface area (Å²) in [6.45, 7) is 5.90. The molecule has 0 bridgehead atoms. The smallest absolute Gasteiger partial charge is 0.0356 e. The molecule has 0 radical (unpaired) electrons. The van der Waals surface area contributed by atoms with E-state index in [1.165, 1.54) is 5.56 Å². The van der Waals surface area contributed by atoms with Crippen molar-refractivity contribution in [2.24, 2.45) is 0 Å². The van der Waals surface area contributed by atoms with Gasteiger partial charge in [0.2, 0.25) is 0 Å². The molecule has 0 atom stereocenters. The summed E-state index contributed by atoms with van der Waals surface area (Å²) in [6, 6.07) is 0. The standard InChI is InChI=1S/C8H12N2/c1-6-4-10-5-8(6)7(2)9-3/h4-5,9-10H,2H2,1,3H3. The molecule has 2 N–H and O–H groups in total. The van der Waals surface area contributed by atoms with Crippen LogP contribution in [0, 0.1) is 6.92 Å². The topological polar surface area (TPSA) is 27.8 Å². The number of hydrogen-bond acceptors (Lipinski definition) is 1. The Balaban J connectivity index is 2.93. The Morgan fingerprint density at radius 3 is 2.70 bits per heavy atom. The van der Waals surface area contributed by atoms with E-state index in [0.29, 0.717) is 0 Å². The molecule has 1 rings (SSSR count). The number of H-pyrrole nitrogens is 1. The van der Waals surface area contributed by atoms with Crippen LogP contribution in [0.2, 0.25) is 0 Å². The number of aromatic nitrogens is 1. The van der Waals surface area contributed by atoms with Crippen LogP contribution in [0.15, 0.2) is 19.0 Å². The largest absolute Gasteiger partial charge is 0.388 e. The monoisotopic (exact) mass is 136 g/mol. The first-order valence-corrected chi connectivity index (χ1v) is 3.26. The van der Waals surface area contributed by atoms with Gasteiger partial charge < -0.3 is 10.3 Å². The quantitative estimate of drug-likeness (QED) is 0.633. The maximum Gasteiger partial charge on any atom is 0.0356 e. The van der Waals surface area contributed by atoms with Crippen LogP contribution in [0.3, 0.4) is 0 Å². The fourth-order valence-corrected chi connectivity index (χ4v) is 0.901. The van der Waals surface area contributed by atoms with Crippen LogP contribution in [-0.4, -0.2) is 12.0 Å². The second-order valence-corrected chi connectivity index (χ2v) is 2.28. The third-order valence-electron chi connectivity index (χ3n) is 1.58. The lowest BCUT2D eigenvalue weighted by Crippen LogP contribution is -2.02. The van der Waals surface area contributed by atoms with Gasteiger partial charge >= 0.3 is 0 Å². The minimum Gasteiger partial charge on any atom is -0.388 e. The lowest BCUT2D eigenvalue weighted by molar-refractivity contribution is 1.13. The Hall–Kier alpha value is -1.18. The zero-order valence-electron chi connectivity index (χ0n) is 6.36. The Morgan fingerprint density at radius 2 is 2.30 bits per heavy atom. The van der Waals surface area contributed by atoms with Gasteiger partial charge in [0.15, 0.2) is 0 Å². The molecule has 0 aromatic carbocycles. The number of hydrogen-bond donors (Lipinski definition) is 2. The molecule has 1 aromatic rings. The summed E-state index contributed by atoms with van der Waals surface area (Å²) in [4.78, 5) is 3.01. The maximum atomic E-state index is 3.85. The van der Waals surface area contributed by atoms with Gasteiger partial charge in [-0.25, -0.2) is 0 Å². The molecule has 2 nitrogen and oxygen atoms in total. The molecule has 0 fully saturated rings. The molecule has 0 amide bonds. The van der Waals surface area contributed by atoms with Crippen molar-refractivity contribution in [3.05, 3.63) is 30.1 Å². The second kappa shape index (κ2) is 2.60. The SMILES string of the molecule is C=C(NC)c1c[nH]cc1C. The first kappa shape index (κ1) is 6.93. The van der Waals surface area contributed by atoms with Crippen molar-refractivity contribution in [1.82, 2.24) is 10.3 Å². The summed E-state index contributed by atoms with van der Waals surface area (Å²) < 4.78 is 0. The van der Waals surface area contributed by atoms with Crippen LogP contribution in [0.4, 0.5) is 0 Å². The number of aromatic amines is 1. The van der Waals surface area contributed by atoms with Gasteiger partial charge in [0.25, 0.3) is 0 Å². The highest BCUT2D eigenvalue weighted by Crippen LogP contribution is 2.12. The molecule has 54 valence electrons. The highest BCUT2D eigenvalue weighted by Gasteiger charge is 1.99. The molecule has 1 aromatic heterocycles. The zero-order chi connectivity index (χ0) is 7.56. The van der Waals surface area contributed by atoms with Gasteiger partial charge in [-0.05, 0) is 12.5 Å². The summed E-state index contributed by atoms with van der Waals surface area (Å²) in [5.74, 6) is 0. The average Bonchev–Trinajstić information content (AvgIpc) is 2.34. The fourth-order valence-electron chi connectivity index (χ4n) is 0.901. The summed E-state index contributed by atoms with van der Waals surface area (Å²) in [6.07, 6.45) is 3.89. The van der Waals surface area contributed by atoms with Crippen LogP contribution in [0.25, 0.3) is 5.70 Å². The van der Waals surface area contributed by atoms with Crippen molar-refractivity contribution in [3.8, 4) is 0 Å². The van der Waals surface area contributed by atoms with E-state index in [1.807, 2.05) is 26.4 Å². The van der Waals surface area contributed by atoms with Gasteiger partial charge in [0, 0.05) is 30.7 Å². The van der Waals surface area contributed by atoms with Crippen LogP contribution in [0.5, 0.6) is 0 Å². The van der Waals surface area contributed by atoms with Crippen molar-refractivity contribution in [2.45, 2.75) is 6.92 Å². The summed E-state index contributed by atoms with van der Waals surface area (Å²) in [5.41, 5.74) is 3.33. The third-order valence-corrected chi connectivity index (χ3v) is 1.58. The molecule has 0 aliphatic carbocycles. The summed E-state index contributed by atoms with van der Waals surface area (Å²) >= 11 is 0. The van der Waals surface area contributed by atoms with E-state index in [4.69, 9.17) is 0 Å². The molecule has 10 heavy (non-hydrogen) atoms. The normalized spacial score (nSPS) is 9.40. The van der Waals surface area contributed by atoms with Crippen LogP contribution >= 0.6 is 0 Å². The predicted molar refractivity (Wildman–Crippen MR) is 43.6 cm³/mol. The van der Waals surface area contributed by atoms with Crippen LogP contribution < -0.4 is 5.32 Å². The first-order valence-electron chi connectivity index (χ1n) is 3.26. The molecular formula is C8H12N2. The summed E-state index contributed by atoms with van der Waals surface area (Å²) in [7, 11) is 1.87. The molecule has 0 saturated carbocycles. The van der Waals surface area contributed by atoms with Crippen molar-refractivity contribution >= 4 is 5.70 Å². The molecule has 0 aliphatic heterocycles. The highest BCUT2D eigenvalue weighted by atomic mass is 14.8. The van der Waals surface area contributed by atoms with Gasteiger partial charge in [0.1, 0.15) is 0 Å². The van der Waals surface area contributed by atoms with E-state index in [9.17, 15) is 0 Å². The third kappa shape index (κ3) is 1.05. The fraction of sp³-hybridized carbons (Fsp3) is 0.250. The molecule has 0 spiro atoms. The van der Waals surface area contributed by atoms with E-state index >= 15 is 0 Å². The number of rotatable bonds is 2. The van der Waals surface area contributed by atoms with E-state index < -0.39 is 0 Å². The molecule has 2 heteroatoms. The predicted octanol–water partition coefficient (Wildman–Crippen LogP) is 1.51. The van der Waals surface area contributed by atoms with Crippen molar-refractivity contribution in [1.29, 1.82) is 0 Å². The van der Waals surface area contributed by atoms with Gasteiger partial charge in [-0.15, -0.1) is 0 Å². The minimum atomic E-state index is 0.957. The minimum absolute atomic E-state index is 0.957. The zero-order valence-corrected chi connectivity index (χ0v) is 6.36. The van der Waals surface area contributed by atoms with Gasteiger partial charge in [-0.1, -0.05) is 6.58 Å². The lowest BCUT2D eigenvalue weighted by Gasteiger charge is -2.01. The van der Waals surface area contributed by atoms with Crippen LogP contribution in [-0.2, 0) is 0 Å².